The van der Waals surface area contributed by atoms with Crippen LogP contribution >= 0.6 is 0 Å². The topological polar surface area (TPSA) is 62.0 Å². The van der Waals surface area contributed by atoms with Gasteiger partial charge in [0.05, 0.1) is 6.04 Å². The van der Waals surface area contributed by atoms with Crippen molar-refractivity contribution in [2.45, 2.75) is 38.6 Å². The lowest BCUT2D eigenvalue weighted by Gasteiger charge is -2.25. The number of hydrogen-bond acceptors (Lipinski definition) is 2. The Morgan fingerprint density at radius 2 is 2.04 bits per heavy atom. The lowest BCUT2D eigenvalue weighted by molar-refractivity contribution is 0.0920. The van der Waals surface area contributed by atoms with Crippen molar-refractivity contribution in [3.8, 4) is 0 Å². The van der Waals surface area contributed by atoms with Crippen LogP contribution in [0.5, 0.6) is 0 Å². The highest BCUT2D eigenvalue weighted by Gasteiger charge is 2.28. The molecule has 1 amide bonds. The Morgan fingerprint density at radius 3 is 2.71 bits per heavy atom. The smallest absolute Gasteiger partial charge is 0.257 e. The third-order valence-corrected chi connectivity index (χ3v) is 4.67. The molecule has 0 aliphatic heterocycles. The number of carbonyl (C=O) groups excluding carboxylic acids is 1. The molecule has 126 valence electrons. The number of halogens is 1. The first kappa shape index (κ1) is 16.4. The summed E-state index contributed by atoms with van der Waals surface area (Å²) in [5.74, 6) is -0.476. The highest BCUT2D eigenvalue weighted by atomic mass is 19.1. The monoisotopic (exact) mass is 328 g/mol. The van der Waals surface area contributed by atoms with E-state index in [2.05, 4.69) is 10.3 Å². The first-order valence-electron chi connectivity index (χ1n) is 8.30. The zero-order valence-corrected chi connectivity index (χ0v) is 13.6. The molecule has 0 radical (unpaired) electrons. The molecule has 0 saturated heterocycles. The fourth-order valence-corrected chi connectivity index (χ4v) is 3.43. The van der Waals surface area contributed by atoms with E-state index in [1.54, 1.807) is 13.0 Å². The van der Waals surface area contributed by atoms with Gasteiger partial charge in [-0.1, -0.05) is 25.0 Å². The van der Waals surface area contributed by atoms with Crippen LogP contribution in [-0.4, -0.2) is 10.9 Å². The van der Waals surface area contributed by atoms with E-state index in [1.165, 1.54) is 24.4 Å². The van der Waals surface area contributed by atoms with Crippen molar-refractivity contribution >= 4 is 5.91 Å². The Labute approximate surface area is 140 Å². The van der Waals surface area contributed by atoms with Gasteiger partial charge in [-0.3, -0.25) is 9.59 Å². The highest BCUT2D eigenvalue weighted by molar-refractivity contribution is 5.94. The molecular weight excluding hydrogens is 307 g/mol. The molecule has 1 heterocycles. The summed E-state index contributed by atoms with van der Waals surface area (Å²) >= 11 is 0. The second-order valence-electron chi connectivity index (χ2n) is 6.44. The Morgan fingerprint density at radius 1 is 1.29 bits per heavy atom. The number of pyridine rings is 1. The predicted octanol–water partition coefficient (Wildman–Crippen LogP) is 3.48. The molecule has 1 aliphatic rings. The van der Waals surface area contributed by atoms with Crippen molar-refractivity contribution in [1.82, 2.24) is 10.3 Å². The number of H-pyrrole nitrogens is 1. The van der Waals surface area contributed by atoms with E-state index in [1.807, 2.05) is 6.07 Å². The molecular formula is C19H21FN2O2. The number of aromatic amines is 1. The normalized spacial score (nSPS) is 16.1. The van der Waals surface area contributed by atoms with Gasteiger partial charge in [-0.15, -0.1) is 0 Å². The van der Waals surface area contributed by atoms with Gasteiger partial charge in [0, 0.05) is 18.0 Å². The van der Waals surface area contributed by atoms with Crippen molar-refractivity contribution in [2.75, 3.05) is 0 Å². The largest absolute Gasteiger partial charge is 0.364 e. The van der Waals surface area contributed by atoms with Crippen molar-refractivity contribution < 1.29 is 9.18 Å². The number of aromatic nitrogens is 1. The van der Waals surface area contributed by atoms with Crippen molar-refractivity contribution in [2.24, 2.45) is 5.92 Å². The summed E-state index contributed by atoms with van der Waals surface area (Å²) in [5, 5.41) is 2.95. The minimum Gasteiger partial charge on any atom is -0.364 e. The number of aryl methyl sites for hydroxylation is 1. The molecule has 3 rings (SSSR count). The molecule has 1 aromatic heterocycles. The van der Waals surface area contributed by atoms with Crippen LogP contribution in [0.4, 0.5) is 4.39 Å². The average Bonchev–Trinajstić information content (AvgIpc) is 3.06. The number of amides is 1. The lowest BCUT2D eigenvalue weighted by atomic mass is 9.91. The van der Waals surface area contributed by atoms with Crippen LogP contribution in [0.2, 0.25) is 0 Å². The van der Waals surface area contributed by atoms with Crippen LogP contribution in [0, 0.1) is 18.7 Å². The molecule has 2 aromatic rings. The molecule has 0 spiro atoms. The van der Waals surface area contributed by atoms with Gasteiger partial charge in [0.15, 0.2) is 5.43 Å². The number of carbonyl (C=O) groups is 1. The van der Waals surface area contributed by atoms with Crippen molar-refractivity contribution in [3.05, 3.63) is 69.4 Å². The summed E-state index contributed by atoms with van der Waals surface area (Å²) in [6.07, 6.45) is 5.64. The molecule has 2 N–H and O–H groups in total. The summed E-state index contributed by atoms with van der Waals surface area (Å²) in [6.45, 7) is 1.76. The van der Waals surface area contributed by atoms with Crippen LogP contribution < -0.4 is 10.7 Å². The summed E-state index contributed by atoms with van der Waals surface area (Å²) in [5.41, 5.74) is 1.22. The second-order valence-corrected chi connectivity index (χ2v) is 6.44. The standard InChI is InChI=1S/C19H21FN2O2/c1-12-9-17(23)16(11-21-12)19(24)22-18(13-5-2-3-6-13)14-7-4-8-15(20)10-14/h4,7-11,13,18H,2-3,5-6H2,1H3,(H,21,23)(H,22,24)/t18-/m0/s1. The maximum absolute atomic E-state index is 13.6. The van der Waals surface area contributed by atoms with E-state index in [4.69, 9.17) is 0 Å². The van der Waals surface area contributed by atoms with Gasteiger partial charge in [-0.2, -0.15) is 0 Å². The molecule has 1 atom stereocenters. The van der Waals surface area contributed by atoms with Gasteiger partial charge in [0.25, 0.3) is 5.91 Å². The quantitative estimate of drug-likeness (QED) is 0.902. The van der Waals surface area contributed by atoms with Crippen LogP contribution in [0.1, 0.15) is 53.3 Å². The van der Waals surface area contributed by atoms with Crippen LogP contribution in [-0.2, 0) is 0 Å². The minimum absolute atomic E-state index is 0.0833. The number of rotatable bonds is 4. The first-order valence-corrected chi connectivity index (χ1v) is 8.30. The van der Waals surface area contributed by atoms with Gasteiger partial charge in [0.2, 0.25) is 0 Å². The number of benzene rings is 1. The predicted molar refractivity (Wildman–Crippen MR) is 90.4 cm³/mol. The molecule has 1 aromatic carbocycles. The third kappa shape index (κ3) is 3.55. The van der Waals surface area contributed by atoms with E-state index in [0.29, 0.717) is 5.69 Å². The van der Waals surface area contributed by atoms with Crippen molar-refractivity contribution in [3.63, 3.8) is 0 Å². The molecule has 4 nitrogen and oxygen atoms in total. The Kier molecular flexibility index (Phi) is 4.79. The minimum atomic E-state index is -0.419. The van der Waals surface area contributed by atoms with Gasteiger partial charge in [0.1, 0.15) is 11.4 Å². The summed E-state index contributed by atoms with van der Waals surface area (Å²) in [6, 6.07) is 7.45. The van der Waals surface area contributed by atoms with E-state index < -0.39 is 5.91 Å². The van der Waals surface area contributed by atoms with Gasteiger partial charge < -0.3 is 10.3 Å². The Balaban J connectivity index is 1.88. The average molecular weight is 328 g/mol. The SMILES string of the molecule is Cc1cc(=O)c(C(=O)N[C@H](c2cccc(F)c2)C2CCCC2)c[nH]1. The number of nitrogens with one attached hydrogen (secondary N) is 2. The molecule has 0 unspecified atom stereocenters. The lowest BCUT2D eigenvalue weighted by Crippen LogP contribution is -2.35. The third-order valence-electron chi connectivity index (χ3n) is 4.67. The van der Waals surface area contributed by atoms with E-state index in [9.17, 15) is 14.0 Å². The van der Waals surface area contributed by atoms with Crippen LogP contribution in [0.25, 0.3) is 0 Å². The molecule has 5 heteroatoms. The highest BCUT2D eigenvalue weighted by Crippen LogP contribution is 2.36. The summed E-state index contributed by atoms with van der Waals surface area (Å²) in [7, 11) is 0. The zero-order chi connectivity index (χ0) is 17.1. The zero-order valence-electron chi connectivity index (χ0n) is 13.6. The van der Waals surface area contributed by atoms with Gasteiger partial charge >= 0.3 is 0 Å². The second kappa shape index (κ2) is 6.99. The Hall–Kier alpha value is -2.43. The summed E-state index contributed by atoms with van der Waals surface area (Å²) < 4.78 is 13.6. The first-order chi connectivity index (χ1) is 11.5. The molecule has 1 saturated carbocycles. The molecule has 1 aliphatic carbocycles. The maximum Gasteiger partial charge on any atom is 0.257 e. The fraction of sp³-hybridized carbons (Fsp3) is 0.368. The van der Waals surface area contributed by atoms with Crippen molar-refractivity contribution in [1.29, 1.82) is 0 Å². The summed E-state index contributed by atoms with van der Waals surface area (Å²) in [4.78, 5) is 27.5. The van der Waals surface area contributed by atoms with E-state index >= 15 is 0 Å². The maximum atomic E-state index is 13.6. The molecule has 24 heavy (non-hydrogen) atoms. The van der Waals surface area contributed by atoms with Crippen LogP contribution in [0.3, 0.4) is 0 Å². The molecule has 0 bridgehead atoms. The van der Waals surface area contributed by atoms with Crippen LogP contribution in [0.15, 0.2) is 41.3 Å². The van der Waals surface area contributed by atoms with Gasteiger partial charge in [-0.05, 0) is 43.4 Å². The fourth-order valence-electron chi connectivity index (χ4n) is 3.43. The Bertz CT molecular complexity index is 794. The molecule has 1 fully saturated rings. The van der Waals surface area contributed by atoms with E-state index in [0.717, 1.165) is 31.2 Å². The number of hydrogen-bond donors (Lipinski definition) is 2. The van der Waals surface area contributed by atoms with E-state index in [-0.39, 0.29) is 28.8 Å². The van der Waals surface area contributed by atoms with Gasteiger partial charge in [-0.25, -0.2) is 4.39 Å².